The third-order valence-corrected chi connectivity index (χ3v) is 8.78. The van der Waals surface area contributed by atoms with E-state index in [2.05, 4.69) is 35.6 Å². The van der Waals surface area contributed by atoms with Gasteiger partial charge in [-0.3, -0.25) is 4.90 Å². The molecular weight excluding hydrogens is 318 g/mol. The molecular formula is C23H41N3. The Bertz CT molecular complexity index is 494. The van der Waals surface area contributed by atoms with Crippen LogP contribution >= 0.6 is 0 Å². The monoisotopic (exact) mass is 359 g/mol. The zero-order chi connectivity index (χ0) is 17.8. The maximum atomic E-state index is 2.89. The van der Waals surface area contributed by atoms with Crippen molar-refractivity contribution in [3.63, 3.8) is 0 Å². The van der Waals surface area contributed by atoms with Gasteiger partial charge in [-0.1, -0.05) is 13.8 Å². The van der Waals surface area contributed by atoms with Crippen LogP contribution in [-0.4, -0.2) is 73.1 Å². The molecule has 5 rings (SSSR count). The van der Waals surface area contributed by atoms with Crippen molar-refractivity contribution in [2.45, 2.75) is 64.5 Å². The Hall–Kier alpha value is -0.120. The van der Waals surface area contributed by atoms with Crippen molar-refractivity contribution in [3.8, 4) is 0 Å². The molecule has 0 spiro atoms. The van der Waals surface area contributed by atoms with Crippen molar-refractivity contribution in [3.05, 3.63) is 0 Å². The molecule has 5 aliphatic rings. The van der Waals surface area contributed by atoms with Crippen molar-refractivity contribution in [1.82, 2.24) is 14.7 Å². The zero-order valence-corrected chi connectivity index (χ0v) is 17.4. The van der Waals surface area contributed by atoms with Crippen LogP contribution < -0.4 is 0 Å². The molecule has 3 heteroatoms. The molecule has 0 aromatic rings. The lowest BCUT2D eigenvalue weighted by atomic mass is 9.83. The third-order valence-electron chi connectivity index (χ3n) is 8.78. The smallest absolute Gasteiger partial charge is 0.0131 e. The summed E-state index contributed by atoms with van der Waals surface area (Å²) in [4.78, 5) is 8.24. The first kappa shape index (κ1) is 17.9. The first-order valence-corrected chi connectivity index (χ1v) is 11.7. The summed E-state index contributed by atoms with van der Waals surface area (Å²) >= 11 is 0. The second-order valence-corrected chi connectivity index (χ2v) is 11.0. The SMILES string of the molecule is CC1CN(C2CC2CC2CCN(C3CC3C3CN(C)CC[C@H]3C)CC2)C1. The molecule has 0 bridgehead atoms. The number of hydrogen-bond donors (Lipinski definition) is 0. The molecule has 0 amide bonds. The van der Waals surface area contributed by atoms with E-state index in [0.717, 1.165) is 47.6 Å². The fourth-order valence-corrected chi connectivity index (χ4v) is 6.81. The minimum Gasteiger partial charge on any atom is -0.306 e. The molecule has 3 nitrogen and oxygen atoms in total. The molecule has 2 saturated carbocycles. The summed E-state index contributed by atoms with van der Waals surface area (Å²) in [5, 5.41) is 0. The van der Waals surface area contributed by atoms with Gasteiger partial charge in [0.05, 0.1) is 0 Å². The highest BCUT2D eigenvalue weighted by Gasteiger charge is 2.50. The molecule has 2 aliphatic carbocycles. The molecule has 3 saturated heterocycles. The molecule has 3 aliphatic heterocycles. The van der Waals surface area contributed by atoms with Gasteiger partial charge in [0.15, 0.2) is 0 Å². The topological polar surface area (TPSA) is 9.72 Å². The predicted octanol–water partition coefficient (Wildman–Crippen LogP) is 3.41. The van der Waals surface area contributed by atoms with E-state index < -0.39 is 0 Å². The summed E-state index contributed by atoms with van der Waals surface area (Å²) in [5.74, 6) is 6.02. The molecule has 5 fully saturated rings. The lowest BCUT2D eigenvalue weighted by Gasteiger charge is -2.38. The Labute approximate surface area is 161 Å². The molecule has 0 N–H and O–H groups in total. The molecule has 6 atom stereocenters. The Morgan fingerprint density at radius 3 is 2.27 bits per heavy atom. The average Bonchev–Trinajstić information content (AvgIpc) is 3.51. The first-order valence-electron chi connectivity index (χ1n) is 11.7. The minimum absolute atomic E-state index is 0.950. The fraction of sp³-hybridized carbons (Fsp3) is 1.00. The van der Waals surface area contributed by atoms with Crippen molar-refractivity contribution in [2.24, 2.45) is 35.5 Å². The molecule has 3 heterocycles. The number of rotatable bonds is 5. The number of likely N-dealkylation sites (tertiary alicyclic amines) is 3. The Morgan fingerprint density at radius 2 is 1.54 bits per heavy atom. The number of hydrogen-bond acceptors (Lipinski definition) is 3. The Kier molecular flexibility index (Phi) is 4.86. The summed E-state index contributed by atoms with van der Waals surface area (Å²) in [6, 6.07) is 1.94. The van der Waals surface area contributed by atoms with E-state index in [9.17, 15) is 0 Å². The predicted molar refractivity (Wildman–Crippen MR) is 108 cm³/mol. The van der Waals surface area contributed by atoms with Gasteiger partial charge in [-0.2, -0.15) is 0 Å². The van der Waals surface area contributed by atoms with Crippen LogP contribution in [0.2, 0.25) is 0 Å². The molecule has 0 radical (unpaired) electrons. The van der Waals surface area contributed by atoms with Crippen molar-refractivity contribution in [1.29, 1.82) is 0 Å². The third kappa shape index (κ3) is 3.61. The van der Waals surface area contributed by atoms with Crippen molar-refractivity contribution in [2.75, 3.05) is 46.3 Å². The molecule has 148 valence electrons. The van der Waals surface area contributed by atoms with E-state index >= 15 is 0 Å². The van der Waals surface area contributed by atoms with Crippen LogP contribution in [0, 0.1) is 35.5 Å². The van der Waals surface area contributed by atoms with Crippen molar-refractivity contribution >= 4 is 0 Å². The van der Waals surface area contributed by atoms with Crippen LogP contribution in [0.3, 0.4) is 0 Å². The van der Waals surface area contributed by atoms with Gasteiger partial charge in [-0.15, -0.1) is 0 Å². The quantitative estimate of drug-likeness (QED) is 0.745. The van der Waals surface area contributed by atoms with Gasteiger partial charge >= 0.3 is 0 Å². The van der Waals surface area contributed by atoms with Gasteiger partial charge in [0.25, 0.3) is 0 Å². The summed E-state index contributed by atoms with van der Waals surface area (Å²) in [7, 11) is 2.33. The summed E-state index contributed by atoms with van der Waals surface area (Å²) in [5.41, 5.74) is 0. The van der Waals surface area contributed by atoms with E-state index in [-0.39, 0.29) is 0 Å². The van der Waals surface area contributed by atoms with E-state index in [4.69, 9.17) is 0 Å². The van der Waals surface area contributed by atoms with Crippen LogP contribution in [0.15, 0.2) is 0 Å². The second-order valence-electron chi connectivity index (χ2n) is 11.0. The standard InChI is InChI=1S/C23H41N3/c1-16-13-26(14-16)22-11-19(22)10-18-5-8-25(9-6-18)23-12-20(23)21-15-24(3)7-4-17(21)2/h16-23H,4-15H2,1-3H3/t17-,19?,20?,21?,22?,23?/m1/s1. The van der Waals surface area contributed by atoms with Gasteiger partial charge < -0.3 is 9.80 Å². The fourth-order valence-electron chi connectivity index (χ4n) is 6.81. The normalized spacial score (nSPS) is 46.3. The van der Waals surface area contributed by atoms with Gasteiger partial charge in [-0.05, 0) is 101 Å². The number of nitrogens with zero attached hydrogens (tertiary/aromatic N) is 3. The van der Waals surface area contributed by atoms with Crippen molar-refractivity contribution < 1.29 is 0 Å². The van der Waals surface area contributed by atoms with Crippen LogP contribution in [0.5, 0.6) is 0 Å². The highest BCUT2D eigenvalue weighted by molar-refractivity contribution is 5.03. The zero-order valence-electron chi connectivity index (χ0n) is 17.4. The number of piperidine rings is 2. The molecule has 0 aromatic heterocycles. The lowest BCUT2D eigenvalue weighted by Crippen LogP contribution is -2.47. The Morgan fingerprint density at radius 1 is 0.769 bits per heavy atom. The largest absolute Gasteiger partial charge is 0.306 e. The maximum absolute atomic E-state index is 2.89. The second kappa shape index (κ2) is 7.04. The molecule has 5 unspecified atom stereocenters. The lowest BCUT2D eigenvalue weighted by molar-refractivity contribution is 0.0911. The van der Waals surface area contributed by atoms with E-state index in [1.165, 1.54) is 71.4 Å². The minimum atomic E-state index is 0.950. The van der Waals surface area contributed by atoms with E-state index in [0.29, 0.717) is 0 Å². The van der Waals surface area contributed by atoms with E-state index in [1.54, 1.807) is 6.42 Å². The van der Waals surface area contributed by atoms with Crippen LogP contribution in [0.25, 0.3) is 0 Å². The van der Waals surface area contributed by atoms with E-state index in [1.807, 2.05) is 0 Å². The van der Waals surface area contributed by atoms with Gasteiger partial charge in [-0.25, -0.2) is 0 Å². The first-order chi connectivity index (χ1) is 12.6. The van der Waals surface area contributed by atoms with Crippen LogP contribution in [0.1, 0.15) is 52.4 Å². The summed E-state index contributed by atoms with van der Waals surface area (Å²) < 4.78 is 0. The highest BCUT2D eigenvalue weighted by Crippen LogP contribution is 2.49. The van der Waals surface area contributed by atoms with Gasteiger partial charge in [0, 0.05) is 31.7 Å². The Balaban J connectivity index is 1.04. The molecule has 26 heavy (non-hydrogen) atoms. The van der Waals surface area contributed by atoms with Gasteiger partial charge in [0.1, 0.15) is 0 Å². The summed E-state index contributed by atoms with van der Waals surface area (Å²) in [6.45, 7) is 13.2. The molecule has 0 aromatic carbocycles. The van der Waals surface area contributed by atoms with Gasteiger partial charge in [0.2, 0.25) is 0 Å². The highest BCUT2D eigenvalue weighted by atomic mass is 15.2. The van der Waals surface area contributed by atoms with Crippen LogP contribution in [-0.2, 0) is 0 Å². The summed E-state index contributed by atoms with van der Waals surface area (Å²) in [6.07, 6.45) is 8.97. The van der Waals surface area contributed by atoms with Crippen LogP contribution in [0.4, 0.5) is 0 Å². The average molecular weight is 360 g/mol. The maximum Gasteiger partial charge on any atom is 0.0131 e.